The van der Waals surface area contributed by atoms with E-state index in [1.165, 1.54) is 6.20 Å². The SMILES string of the molecule is Cc1cnc(C(=O)NCC2CNC2)cn1.Cl.Cl. The van der Waals surface area contributed by atoms with Crippen molar-refractivity contribution in [1.29, 1.82) is 0 Å². The number of aryl methyl sites for hydroxylation is 1. The van der Waals surface area contributed by atoms with Gasteiger partial charge < -0.3 is 10.6 Å². The molecule has 0 atom stereocenters. The Bertz CT molecular complexity index is 354. The van der Waals surface area contributed by atoms with Gasteiger partial charge in [-0.1, -0.05) is 0 Å². The van der Waals surface area contributed by atoms with Gasteiger partial charge in [-0.25, -0.2) is 4.98 Å². The zero-order valence-electron chi connectivity index (χ0n) is 9.47. The van der Waals surface area contributed by atoms with Crippen molar-refractivity contribution in [3.05, 3.63) is 23.8 Å². The van der Waals surface area contributed by atoms with E-state index in [0.717, 1.165) is 18.8 Å². The first-order valence-corrected chi connectivity index (χ1v) is 5.03. The van der Waals surface area contributed by atoms with Crippen LogP contribution in [-0.4, -0.2) is 35.5 Å². The van der Waals surface area contributed by atoms with Gasteiger partial charge >= 0.3 is 0 Å². The monoisotopic (exact) mass is 278 g/mol. The van der Waals surface area contributed by atoms with Gasteiger partial charge in [0, 0.05) is 31.7 Å². The lowest BCUT2D eigenvalue weighted by Gasteiger charge is -2.26. The van der Waals surface area contributed by atoms with Crippen LogP contribution < -0.4 is 10.6 Å². The third-order valence-electron chi connectivity index (χ3n) is 2.43. The lowest BCUT2D eigenvalue weighted by atomic mass is 10.0. The summed E-state index contributed by atoms with van der Waals surface area (Å²) in [5.74, 6) is 0.418. The summed E-state index contributed by atoms with van der Waals surface area (Å²) in [7, 11) is 0. The van der Waals surface area contributed by atoms with Gasteiger partial charge in [0.05, 0.1) is 11.9 Å². The van der Waals surface area contributed by atoms with Gasteiger partial charge in [0.2, 0.25) is 0 Å². The maximum absolute atomic E-state index is 11.6. The molecule has 1 aliphatic rings. The Balaban J connectivity index is 0.00000128. The van der Waals surface area contributed by atoms with E-state index in [1.807, 2.05) is 6.92 Å². The second-order valence-corrected chi connectivity index (χ2v) is 3.78. The molecule has 5 nitrogen and oxygen atoms in total. The molecular weight excluding hydrogens is 263 g/mol. The van der Waals surface area contributed by atoms with Crippen molar-refractivity contribution in [3.8, 4) is 0 Å². The smallest absolute Gasteiger partial charge is 0.271 e. The molecule has 96 valence electrons. The summed E-state index contributed by atoms with van der Waals surface area (Å²) in [5.41, 5.74) is 1.20. The first kappa shape index (κ1) is 16.1. The molecule has 0 aliphatic carbocycles. The molecule has 2 heterocycles. The van der Waals surface area contributed by atoms with E-state index in [0.29, 0.717) is 18.2 Å². The van der Waals surface area contributed by atoms with Gasteiger partial charge in [0.15, 0.2) is 0 Å². The molecule has 1 aromatic rings. The summed E-state index contributed by atoms with van der Waals surface area (Å²) in [6, 6.07) is 0. The van der Waals surface area contributed by atoms with Crippen molar-refractivity contribution in [2.45, 2.75) is 6.92 Å². The average Bonchev–Trinajstić information content (AvgIpc) is 2.16. The van der Waals surface area contributed by atoms with Crippen molar-refractivity contribution >= 4 is 30.7 Å². The summed E-state index contributed by atoms with van der Waals surface area (Å²) >= 11 is 0. The fourth-order valence-electron chi connectivity index (χ4n) is 1.33. The molecule has 7 heteroatoms. The van der Waals surface area contributed by atoms with Gasteiger partial charge in [-0.2, -0.15) is 0 Å². The molecule has 2 N–H and O–H groups in total. The highest BCUT2D eigenvalue weighted by Crippen LogP contribution is 2.01. The van der Waals surface area contributed by atoms with Crippen LogP contribution >= 0.6 is 24.8 Å². The number of aromatic nitrogens is 2. The summed E-state index contributed by atoms with van der Waals surface area (Å²) in [6.07, 6.45) is 3.10. The summed E-state index contributed by atoms with van der Waals surface area (Å²) in [5, 5.41) is 5.99. The second kappa shape index (κ2) is 7.42. The number of hydrogen-bond donors (Lipinski definition) is 2. The predicted molar refractivity (Wildman–Crippen MR) is 70.0 cm³/mol. The number of carbonyl (C=O) groups excluding carboxylic acids is 1. The average molecular weight is 279 g/mol. The molecule has 17 heavy (non-hydrogen) atoms. The Hall–Kier alpha value is -0.910. The number of rotatable bonds is 3. The predicted octanol–water partition coefficient (Wildman–Crippen LogP) is 0.578. The van der Waals surface area contributed by atoms with Gasteiger partial charge in [0.1, 0.15) is 5.69 Å². The molecule has 0 radical (unpaired) electrons. The van der Waals surface area contributed by atoms with Crippen molar-refractivity contribution in [1.82, 2.24) is 20.6 Å². The zero-order chi connectivity index (χ0) is 10.7. The largest absolute Gasteiger partial charge is 0.350 e. The summed E-state index contributed by atoms with van der Waals surface area (Å²) < 4.78 is 0. The topological polar surface area (TPSA) is 66.9 Å². The minimum atomic E-state index is -0.144. The molecule has 1 aliphatic heterocycles. The van der Waals surface area contributed by atoms with E-state index < -0.39 is 0 Å². The number of nitrogens with one attached hydrogen (secondary N) is 2. The van der Waals surface area contributed by atoms with Crippen LogP contribution in [0.4, 0.5) is 0 Å². The van der Waals surface area contributed by atoms with Crippen LogP contribution in [0.3, 0.4) is 0 Å². The van der Waals surface area contributed by atoms with Gasteiger partial charge in [-0.3, -0.25) is 9.78 Å². The minimum absolute atomic E-state index is 0. The number of halogens is 2. The molecule has 0 spiro atoms. The molecule has 0 bridgehead atoms. The van der Waals surface area contributed by atoms with Crippen LogP contribution in [0, 0.1) is 12.8 Å². The Kier molecular flexibility index (Phi) is 7.03. The van der Waals surface area contributed by atoms with Crippen molar-refractivity contribution < 1.29 is 4.79 Å². The highest BCUT2D eigenvalue weighted by atomic mass is 35.5. The molecule has 1 aromatic heterocycles. The molecule has 1 fully saturated rings. The van der Waals surface area contributed by atoms with Crippen LogP contribution in [-0.2, 0) is 0 Å². The molecular formula is C10H16Cl2N4O. The molecule has 1 saturated heterocycles. The van der Waals surface area contributed by atoms with Crippen molar-refractivity contribution in [2.24, 2.45) is 5.92 Å². The summed E-state index contributed by atoms with van der Waals surface area (Å²) in [4.78, 5) is 19.6. The Morgan fingerprint density at radius 1 is 1.41 bits per heavy atom. The van der Waals surface area contributed by atoms with E-state index in [9.17, 15) is 4.79 Å². The minimum Gasteiger partial charge on any atom is -0.350 e. The van der Waals surface area contributed by atoms with Gasteiger partial charge in [-0.15, -0.1) is 24.8 Å². The second-order valence-electron chi connectivity index (χ2n) is 3.78. The lowest BCUT2D eigenvalue weighted by molar-refractivity contribution is 0.0937. The number of amides is 1. The van der Waals surface area contributed by atoms with Crippen LogP contribution in [0.2, 0.25) is 0 Å². The highest BCUT2D eigenvalue weighted by molar-refractivity contribution is 5.91. The lowest BCUT2D eigenvalue weighted by Crippen LogP contribution is -2.48. The van der Waals surface area contributed by atoms with Crippen molar-refractivity contribution in [3.63, 3.8) is 0 Å². The maximum atomic E-state index is 11.6. The van der Waals surface area contributed by atoms with Gasteiger partial charge in [-0.05, 0) is 6.92 Å². The molecule has 1 amide bonds. The van der Waals surface area contributed by atoms with E-state index in [1.54, 1.807) is 6.20 Å². The Morgan fingerprint density at radius 2 is 2.12 bits per heavy atom. The molecule has 2 rings (SSSR count). The standard InChI is InChI=1S/C10H14N4O.2ClH/c1-7-2-13-9(6-12-7)10(15)14-5-8-3-11-4-8;;/h2,6,8,11H,3-5H2,1H3,(H,14,15);2*1H. The van der Waals surface area contributed by atoms with E-state index >= 15 is 0 Å². The number of nitrogens with zero attached hydrogens (tertiary/aromatic N) is 2. The molecule has 0 aromatic carbocycles. The van der Waals surface area contributed by atoms with E-state index in [2.05, 4.69) is 20.6 Å². The van der Waals surface area contributed by atoms with Crippen molar-refractivity contribution in [2.75, 3.05) is 19.6 Å². The zero-order valence-corrected chi connectivity index (χ0v) is 11.1. The third-order valence-corrected chi connectivity index (χ3v) is 2.43. The fraction of sp³-hybridized carbons (Fsp3) is 0.500. The molecule has 0 unspecified atom stereocenters. The van der Waals surface area contributed by atoms with Crippen LogP contribution in [0.15, 0.2) is 12.4 Å². The van der Waals surface area contributed by atoms with E-state index in [-0.39, 0.29) is 30.7 Å². The Morgan fingerprint density at radius 3 is 2.59 bits per heavy atom. The number of carbonyl (C=O) groups is 1. The molecule has 0 saturated carbocycles. The van der Waals surface area contributed by atoms with Crippen LogP contribution in [0.1, 0.15) is 16.2 Å². The first-order chi connectivity index (χ1) is 7.25. The first-order valence-electron chi connectivity index (χ1n) is 5.03. The summed E-state index contributed by atoms with van der Waals surface area (Å²) in [6.45, 7) is 4.52. The van der Waals surface area contributed by atoms with Gasteiger partial charge in [0.25, 0.3) is 5.91 Å². The van der Waals surface area contributed by atoms with Crippen LogP contribution in [0.5, 0.6) is 0 Å². The van der Waals surface area contributed by atoms with Crippen LogP contribution in [0.25, 0.3) is 0 Å². The number of hydrogen-bond acceptors (Lipinski definition) is 4. The maximum Gasteiger partial charge on any atom is 0.271 e. The quantitative estimate of drug-likeness (QED) is 0.849. The van der Waals surface area contributed by atoms with E-state index in [4.69, 9.17) is 0 Å². The highest BCUT2D eigenvalue weighted by Gasteiger charge is 2.17. The normalized spacial score (nSPS) is 13.9. The Labute approximate surface area is 113 Å². The fourth-order valence-corrected chi connectivity index (χ4v) is 1.33. The third kappa shape index (κ3) is 4.46.